The zero-order chi connectivity index (χ0) is 18.9. The first-order valence-electron chi connectivity index (χ1n) is 8.75. The Balaban J connectivity index is 1.82. The van der Waals surface area contributed by atoms with Crippen molar-refractivity contribution in [2.75, 3.05) is 11.9 Å². The molecule has 1 aliphatic heterocycles. The molecule has 0 fully saturated rings. The third-order valence-corrected chi connectivity index (χ3v) is 5.16. The maximum absolute atomic E-state index is 14.5. The van der Waals surface area contributed by atoms with Crippen molar-refractivity contribution in [2.24, 2.45) is 5.10 Å². The van der Waals surface area contributed by atoms with Gasteiger partial charge in [-0.05, 0) is 56.0 Å². The first-order valence-corrected chi connectivity index (χ1v) is 8.75. The topological polar surface area (TPSA) is 44.7 Å². The van der Waals surface area contributed by atoms with Crippen molar-refractivity contribution < 1.29 is 9.18 Å². The number of carbonyl (C=O) groups excluding carboxylic acids is 1. The zero-order valence-electron chi connectivity index (χ0n) is 15.6. The maximum atomic E-state index is 14.5. The standard InChI is InChI=1S/C21H24FN3O/c1-14-12-21(2,3)25(4)19-11-18(22)16(10-17(14)19)13-23-24-20(26)15-8-6-5-7-9-15/h5-11,13-14H,12H2,1-4H3,(H,24,26)/b23-13-. The van der Waals surface area contributed by atoms with Gasteiger partial charge in [-0.15, -0.1) is 0 Å². The van der Waals surface area contributed by atoms with Gasteiger partial charge in [-0.25, -0.2) is 9.82 Å². The van der Waals surface area contributed by atoms with Crippen molar-refractivity contribution in [3.8, 4) is 0 Å². The Labute approximate surface area is 153 Å². The largest absolute Gasteiger partial charge is 0.369 e. The highest BCUT2D eigenvalue weighted by molar-refractivity contribution is 5.94. The molecule has 1 aliphatic rings. The number of nitrogens with zero attached hydrogens (tertiary/aromatic N) is 2. The van der Waals surface area contributed by atoms with E-state index < -0.39 is 0 Å². The van der Waals surface area contributed by atoms with Crippen LogP contribution in [-0.4, -0.2) is 24.7 Å². The predicted octanol–water partition coefficient (Wildman–Crippen LogP) is 4.31. The van der Waals surface area contributed by atoms with Crippen molar-refractivity contribution in [1.82, 2.24) is 5.43 Å². The summed E-state index contributed by atoms with van der Waals surface area (Å²) in [6, 6.07) is 12.2. The van der Waals surface area contributed by atoms with Crippen LogP contribution < -0.4 is 10.3 Å². The van der Waals surface area contributed by atoms with E-state index in [-0.39, 0.29) is 17.3 Å². The predicted molar refractivity (Wildman–Crippen MR) is 103 cm³/mol. The maximum Gasteiger partial charge on any atom is 0.271 e. The van der Waals surface area contributed by atoms with Gasteiger partial charge in [0.2, 0.25) is 0 Å². The number of halogens is 1. The fourth-order valence-electron chi connectivity index (χ4n) is 3.52. The van der Waals surface area contributed by atoms with Crippen LogP contribution in [0.15, 0.2) is 47.6 Å². The second-order valence-corrected chi connectivity index (χ2v) is 7.47. The van der Waals surface area contributed by atoms with Gasteiger partial charge in [0.15, 0.2) is 0 Å². The summed E-state index contributed by atoms with van der Waals surface area (Å²) in [5.41, 5.74) is 5.32. The van der Waals surface area contributed by atoms with Gasteiger partial charge in [-0.1, -0.05) is 25.1 Å². The molecule has 1 amide bonds. The second-order valence-electron chi connectivity index (χ2n) is 7.47. The Bertz CT molecular complexity index is 846. The molecule has 136 valence electrons. The molecule has 2 aromatic carbocycles. The van der Waals surface area contributed by atoms with Gasteiger partial charge in [0, 0.05) is 29.4 Å². The summed E-state index contributed by atoms with van der Waals surface area (Å²) in [5.74, 6) is -0.351. The van der Waals surface area contributed by atoms with Crippen LogP contribution in [0.2, 0.25) is 0 Å². The third-order valence-electron chi connectivity index (χ3n) is 5.16. The zero-order valence-corrected chi connectivity index (χ0v) is 15.6. The van der Waals surface area contributed by atoms with E-state index in [2.05, 4.69) is 36.2 Å². The molecule has 1 unspecified atom stereocenters. The summed E-state index contributed by atoms with van der Waals surface area (Å²) in [6.07, 6.45) is 2.35. The molecule has 5 heteroatoms. The smallest absolute Gasteiger partial charge is 0.271 e. The number of hydrogen-bond donors (Lipinski definition) is 1. The van der Waals surface area contributed by atoms with E-state index in [9.17, 15) is 9.18 Å². The Morgan fingerprint density at radius 1 is 1.31 bits per heavy atom. The van der Waals surface area contributed by atoms with Gasteiger partial charge in [-0.3, -0.25) is 4.79 Å². The Morgan fingerprint density at radius 3 is 2.69 bits per heavy atom. The van der Waals surface area contributed by atoms with Crippen molar-refractivity contribution in [3.05, 3.63) is 65.0 Å². The first-order chi connectivity index (χ1) is 12.3. The molecule has 2 aromatic rings. The summed E-state index contributed by atoms with van der Waals surface area (Å²) in [5, 5.41) is 3.92. The number of carbonyl (C=O) groups is 1. The number of fused-ring (bicyclic) bond motifs is 1. The van der Waals surface area contributed by atoms with Crippen LogP contribution in [-0.2, 0) is 0 Å². The van der Waals surface area contributed by atoms with Crippen LogP contribution in [0.5, 0.6) is 0 Å². The Hall–Kier alpha value is -2.69. The van der Waals surface area contributed by atoms with E-state index in [1.807, 2.05) is 19.2 Å². The summed E-state index contributed by atoms with van der Waals surface area (Å²) < 4.78 is 14.5. The average molecular weight is 353 g/mol. The number of benzene rings is 2. The molecule has 0 bridgehead atoms. The molecular weight excluding hydrogens is 329 g/mol. The van der Waals surface area contributed by atoms with Crippen LogP contribution in [0.4, 0.5) is 10.1 Å². The lowest BCUT2D eigenvalue weighted by Gasteiger charge is -2.45. The van der Waals surface area contributed by atoms with E-state index >= 15 is 0 Å². The summed E-state index contributed by atoms with van der Waals surface area (Å²) >= 11 is 0. The lowest BCUT2D eigenvalue weighted by atomic mass is 9.80. The molecular formula is C21H24FN3O. The molecule has 0 aromatic heterocycles. The molecule has 1 heterocycles. The first kappa shape index (κ1) is 18.1. The van der Waals surface area contributed by atoms with Gasteiger partial charge < -0.3 is 4.90 Å². The molecule has 0 spiro atoms. The van der Waals surface area contributed by atoms with Gasteiger partial charge >= 0.3 is 0 Å². The number of anilines is 1. The Morgan fingerprint density at radius 2 is 2.00 bits per heavy atom. The monoisotopic (exact) mass is 353 g/mol. The van der Waals surface area contributed by atoms with E-state index in [0.29, 0.717) is 17.0 Å². The second kappa shape index (κ2) is 6.90. The van der Waals surface area contributed by atoms with Crippen LogP contribution in [0, 0.1) is 5.82 Å². The van der Waals surface area contributed by atoms with E-state index in [0.717, 1.165) is 17.7 Å². The number of amides is 1. The lowest BCUT2D eigenvalue weighted by Crippen LogP contribution is -2.45. The molecule has 0 saturated carbocycles. The minimum atomic E-state index is -0.349. The SMILES string of the molecule is CC1CC(C)(C)N(C)c2cc(F)c(/C=N\NC(=O)c3ccccc3)cc21. The third kappa shape index (κ3) is 3.47. The fourth-order valence-corrected chi connectivity index (χ4v) is 3.52. The van der Waals surface area contributed by atoms with Crippen molar-refractivity contribution in [1.29, 1.82) is 0 Å². The molecule has 3 rings (SSSR count). The van der Waals surface area contributed by atoms with E-state index in [1.54, 1.807) is 30.3 Å². The highest BCUT2D eigenvalue weighted by Gasteiger charge is 2.34. The number of nitrogens with one attached hydrogen (secondary N) is 1. The van der Waals surface area contributed by atoms with Crippen LogP contribution >= 0.6 is 0 Å². The normalized spacial score (nSPS) is 18.7. The summed E-state index contributed by atoms with van der Waals surface area (Å²) in [6.45, 7) is 6.49. The van der Waals surface area contributed by atoms with Crippen molar-refractivity contribution in [3.63, 3.8) is 0 Å². The van der Waals surface area contributed by atoms with Crippen molar-refractivity contribution >= 4 is 17.8 Å². The van der Waals surface area contributed by atoms with Crippen molar-refractivity contribution in [2.45, 2.75) is 38.6 Å². The van der Waals surface area contributed by atoms with E-state index in [4.69, 9.17) is 0 Å². The fraction of sp³-hybridized carbons (Fsp3) is 0.333. The molecule has 0 saturated heterocycles. The Kier molecular flexibility index (Phi) is 4.81. The molecule has 4 nitrogen and oxygen atoms in total. The average Bonchev–Trinajstić information content (AvgIpc) is 2.61. The molecule has 0 aliphatic carbocycles. The summed E-state index contributed by atoms with van der Waals surface area (Å²) in [7, 11) is 2.00. The number of rotatable bonds is 3. The van der Waals surface area contributed by atoms with Gasteiger partial charge in [-0.2, -0.15) is 5.10 Å². The number of hydrazone groups is 1. The lowest BCUT2D eigenvalue weighted by molar-refractivity contribution is 0.0955. The molecule has 1 N–H and O–H groups in total. The van der Waals surface area contributed by atoms with Crippen LogP contribution in [0.25, 0.3) is 0 Å². The van der Waals surface area contributed by atoms with Gasteiger partial charge in [0.25, 0.3) is 5.91 Å². The molecule has 26 heavy (non-hydrogen) atoms. The quantitative estimate of drug-likeness (QED) is 0.660. The molecule has 0 radical (unpaired) electrons. The van der Waals surface area contributed by atoms with Gasteiger partial charge in [0.05, 0.1) is 6.21 Å². The minimum absolute atomic E-state index is 0.0158. The van der Waals surface area contributed by atoms with Crippen LogP contribution in [0.1, 0.15) is 54.6 Å². The van der Waals surface area contributed by atoms with Gasteiger partial charge in [0.1, 0.15) is 5.82 Å². The minimum Gasteiger partial charge on any atom is -0.369 e. The molecule has 1 atom stereocenters. The van der Waals surface area contributed by atoms with Crippen LogP contribution in [0.3, 0.4) is 0 Å². The highest BCUT2D eigenvalue weighted by atomic mass is 19.1. The highest BCUT2D eigenvalue weighted by Crippen LogP contribution is 2.43. The number of hydrogen-bond acceptors (Lipinski definition) is 3. The van der Waals surface area contributed by atoms with E-state index in [1.165, 1.54) is 6.21 Å². The summed E-state index contributed by atoms with van der Waals surface area (Å²) in [4.78, 5) is 14.1.